The standard InChI is InChI=1S/C20H19ClN8O7S3.C2HF3O2/c1-7(21)3-28-17(33)15(31)25-26-20(28)39-6-10-13(18(34)35)29-9(5-37-10)12(16(29)32)24-14(30)11(27-36-2)8-4-38-19(22)23-8;3-2(4,5)1(6)7/h4,9,12H,1,3,5-6H2,2H3,(H2,22,23)(H,24,30)(H,25,31)(H,34,35);(H,6,7). The second-order valence-electron chi connectivity index (χ2n) is 8.64. The summed E-state index contributed by atoms with van der Waals surface area (Å²) in [4.78, 5) is 81.1. The number of nitrogens with two attached hydrogens (primary N) is 1. The van der Waals surface area contributed by atoms with Crippen molar-refractivity contribution in [1.82, 2.24) is 30.0 Å². The Morgan fingerprint density at radius 2 is 1.98 bits per heavy atom. The molecule has 6 N–H and O–H groups in total. The molecule has 248 valence electrons. The number of carboxylic acids is 2. The molecule has 17 nitrogen and oxygen atoms in total. The van der Waals surface area contributed by atoms with Crippen LogP contribution in [-0.4, -0.2) is 101 Å². The summed E-state index contributed by atoms with van der Waals surface area (Å²) in [5.74, 6) is -5.18. The van der Waals surface area contributed by atoms with Gasteiger partial charge in [-0.1, -0.05) is 35.1 Å². The molecule has 2 aromatic rings. The summed E-state index contributed by atoms with van der Waals surface area (Å²) in [5, 5.41) is 31.1. The van der Waals surface area contributed by atoms with Gasteiger partial charge in [-0.2, -0.15) is 13.2 Å². The van der Waals surface area contributed by atoms with Crippen LogP contribution in [0.5, 0.6) is 0 Å². The van der Waals surface area contributed by atoms with Gasteiger partial charge in [0.2, 0.25) is 0 Å². The lowest BCUT2D eigenvalue weighted by Crippen LogP contribution is -2.73. The van der Waals surface area contributed by atoms with Gasteiger partial charge in [0.25, 0.3) is 11.8 Å². The van der Waals surface area contributed by atoms with E-state index >= 15 is 0 Å². The summed E-state index contributed by atoms with van der Waals surface area (Å²) >= 11 is 9.06. The summed E-state index contributed by atoms with van der Waals surface area (Å²) in [6.07, 6.45) is -5.08. The first-order valence-electron chi connectivity index (χ1n) is 12.0. The molecule has 1 saturated heterocycles. The number of aromatic nitrogens is 4. The first-order chi connectivity index (χ1) is 21.5. The number of carbonyl (C=O) groups is 4. The predicted molar refractivity (Wildman–Crippen MR) is 158 cm³/mol. The van der Waals surface area contributed by atoms with E-state index in [9.17, 15) is 42.3 Å². The topological polar surface area (TPSA) is 252 Å². The monoisotopic (exact) mass is 728 g/mol. The number of alkyl halides is 3. The highest BCUT2D eigenvalue weighted by Gasteiger charge is 2.54. The molecule has 2 aliphatic heterocycles. The van der Waals surface area contributed by atoms with Crippen LogP contribution in [0.3, 0.4) is 0 Å². The van der Waals surface area contributed by atoms with Crippen molar-refractivity contribution >= 4 is 81.1 Å². The Morgan fingerprint density at radius 1 is 1.33 bits per heavy atom. The maximum Gasteiger partial charge on any atom is 0.490 e. The Morgan fingerprint density at radius 3 is 2.50 bits per heavy atom. The number of nitrogens with zero attached hydrogens (tertiary/aromatic N) is 5. The molecule has 2 aliphatic rings. The largest absolute Gasteiger partial charge is 0.490 e. The summed E-state index contributed by atoms with van der Waals surface area (Å²) < 4.78 is 32.8. The van der Waals surface area contributed by atoms with E-state index in [2.05, 4.69) is 32.2 Å². The molecular formula is C22H20ClF3N8O9S3. The number of halogens is 4. The molecule has 0 radical (unpaired) electrons. The number of anilines is 1. The molecule has 4 heterocycles. The number of thiazole rings is 1. The van der Waals surface area contributed by atoms with Gasteiger partial charge in [0.05, 0.1) is 12.6 Å². The number of allylic oxidation sites excluding steroid dienone is 1. The normalized spacial score (nSPS) is 17.7. The number of thioether (sulfide) groups is 2. The molecule has 0 spiro atoms. The van der Waals surface area contributed by atoms with Crippen molar-refractivity contribution in [3.8, 4) is 0 Å². The van der Waals surface area contributed by atoms with Gasteiger partial charge in [-0.05, 0) is 0 Å². The fraction of sp³-hybridized carbons (Fsp3) is 0.318. The van der Waals surface area contributed by atoms with Crippen LogP contribution < -0.4 is 22.2 Å². The Labute approximate surface area is 271 Å². The number of rotatable bonds is 10. The number of hydrogen-bond acceptors (Lipinski definition) is 14. The molecule has 0 saturated carbocycles. The number of carbonyl (C=O) groups excluding carboxylic acids is 2. The van der Waals surface area contributed by atoms with E-state index in [0.29, 0.717) is 4.91 Å². The number of hydrogen-bond donors (Lipinski definition) is 5. The minimum Gasteiger partial charge on any atom is -0.477 e. The van der Waals surface area contributed by atoms with Crippen LogP contribution in [0.1, 0.15) is 5.69 Å². The molecule has 2 unspecified atom stereocenters. The third-order valence-electron chi connectivity index (χ3n) is 5.63. The van der Waals surface area contributed by atoms with Crippen LogP contribution in [0.15, 0.2) is 47.5 Å². The molecule has 0 aliphatic carbocycles. The zero-order chi connectivity index (χ0) is 34.5. The zero-order valence-corrected chi connectivity index (χ0v) is 26.1. The van der Waals surface area contributed by atoms with Crippen molar-refractivity contribution in [3.05, 3.63) is 54.0 Å². The number of amides is 2. The maximum absolute atomic E-state index is 13.0. The zero-order valence-electron chi connectivity index (χ0n) is 22.9. The first kappa shape index (κ1) is 36.1. The number of carboxylic acid groups (broad SMARTS) is 2. The summed E-state index contributed by atoms with van der Waals surface area (Å²) in [6.45, 7) is 3.34. The van der Waals surface area contributed by atoms with Crippen LogP contribution in [0.2, 0.25) is 0 Å². The molecule has 2 amide bonds. The number of H-pyrrole nitrogens is 1. The highest BCUT2D eigenvalue weighted by atomic mass is 35.5. The molecule has 46 heavy (non-hydrogen) atoms. The molecule has 4 rings (SSSR count). The Hall–Kier alpha value is -4.35. The number of nitrogens with one attached hydrogen (secondary N) is 2. The molecule has 0 aromatic carbocycles. The Balaban J connectivity index is 0.000000738. The number of fused-ring (bicyclic) bond motifs is 1. The van der Waals surface area contributed by atoms with E-state index in [-0.39, 0.29) is 50.5 Å². The average molecular weight is 729 g/mol. The summed E-state index contributed by atoms with van der Waals surface area (Å²) in [6, 6.07) is -1.65. The van der Waals surface area contributed by atoms with Crippen molar-refractivity contribution in [2.24, 2.45) is 5.16 Å². The van der Waals surface area contributed by atoms with Gasteiger partial charge < -0.3 is 26.1 Å². The Bertz CT molecular complexity index is 1760. The summed E-state index contributed by atoms with van der Waals surface area (Å²) in [5.41, 5.74) is 3.50. The van der Waals surface area contributed by atoms with Crippen LogP contribution in [0.25, 0.3) is 0 Å². The van der Waals surface area contributed by atoms with Crippen molar-refractivity contribution in [3.63, 3.8) is 0 Å². The van der Waals surface area contributed by atoms with E-state index < -0.39 is 53.1 Å². The van der Waals surface area contributed by atoms with Gasteiger partial charge >= 0.3 is 29.2 Å². The number of aromatic amines is 1. The number of β-lactam (4-membered cyclic amide) rings is 1. The van der Waals surface area contributed by atoms with Gasteiger partial charge in [0.15, 0.2) is 16.0 Å². The van der Waals surface area contributed by atoms with Crippen molar-refractivity contribution in [1.29, 1.82) is 0 Å². The van der Waals surface area contributed by atoms with Gasteiger partial charge in [0.1, 0.15) is 24.5 Å². The van der Waals surface area contributed by atoms with Crippen molar-refractivity contribution in [2.75, 3.05) is 24.3 Å². The van der Waals surface area contributed by atoms with Crippen molar-refractivity contribution < 1.29 is 47.4 Å². The molecule has 2 atom stereocenters. The first-order valence-corrected chi connectivity index (χ1v) is 15.2. The van der Waals surface area contributed by atoms with Gasteiger partial charge in [-0.25, -0.2) is 19.7 Å². The SMILES string of the molecule is C=C(Cl)Cn1c(SCC2=C(C(=O)O)N3C(=O)C(NC(=O)C(=NOC)c4csc(N)n4)C3CS2)n[nH]c(=O)c1=O.O=C(O)C(F)(F)F. The highest BCUT2D eigenvalue weighted by molar-refractivity contribution is 8.06. The average Bonchev–Trinajstić information content (AvgIpc) is 3.41. The third-order valence-corrected chi connectivity index (χ3v) is 8.81. The van der Waals surface area contributed by atoms with Gasteiger partial charge in [0, 0.05) is 26.8 Å². The number of aliphatic carboxylic acids is 2. The lowest BCUT2D eigenvalue weighted by atomic mass is 9.94. The summed E-state index contributed by atoms with van der Waals surface area (Å²) in [7, 11) is 1.24. The van der Waals surface area contributed by atoms with Crippen LogP contribution in [-0.2, 0) is 30.6 Å². The van der Waals surface area contributed by atoms with E-state index in [0.717, 1.165) is 32.6 Å². The van der Waals surface area contributed by atoms with Gasteiger partial charge in [-0.15, -0.1) is 28.2 Å². The van der Waals surface area contributed by atoms with Crippen LogP contribution >= 0.6 is 46.5 Å². The fourth-order valence-corrected chi connectivity index (χ4v) is 6.76. The van der Waals surface area contributed by atoms with Crippen LogP contribution in [0.4, 0.5) is 18.3 Å². The molecular weight excluding hydrogens is 709 g/mol. The minimum atomic E-state index is -5.08. The predicted octanol–water partition coefficient (Wildman–Crippen LogP) is 0.237. The fourth-order valence-electron chi connectivity index (χ4n) is 3.74. The molecule has 0 bridgehead atoms. The Kier molecular flexibility index (Phi) is 11.6. The van der Waals surface area contributed by atoms with E-state index in [4.69, 9.17) is 32.1 Å². The molecule has 2 aromatic heterocycles. The molecule has 24 heteroatoms. The van der Waals surface area contributed by atoms with Gasteiger partial charge in [-0.3, -0.25) is 28.6 Å². The van der Waals surface area contributed by atoms with Crippen LogP contribution in [0, 0.1) is 0 Å². The quantitative estimate of drug-likeness (QED) is 0.0723. The lowest BCUT2D eigenvalue weighted by molar-refractivity contribution is -0.192. The third kappa shape index (κ3) is 8.27. The minimum absolute atomic E-state index is 0.0168. The highest BCUT2D eigenvalue weighted by Crippen LogP contribution is 2.41. The second-order valence-corrected chi connectivity index (χ2v) is 12.1. The van der Waals surface area contributed by atoms with Crippen molar-refractivity contribution in [2.45, 2.75) is 30.0 Å². The van der Waals surface area contributed by atoms with E-state index in [1.807, 2.05) is 0 Å². The van der Waals surface area contributed by atoms with E-state index in [1.165, 1.54) is 24.3 Å². The van der Waals surface area contributed by atoms with E-state index in [1.54, 1.807) is 0 Å². The smallest absolute Gasteiger partial charge is 0.477 e. The second kappa shape index (κ2) is 14.8. The lowest BCUT2D eigenvalue weighted by Gasteiger charge is -2.49. The number of nitrogen functional groups attached to an aromatic ring is 1. The maximum atomic E-state index is 13.0. The number of oxime groups is 1. The molecule has 1 fully saturated rings.